The molecule has 0 bridgehead atoms. The summed E-state index contributed by atoms with van der Waals surface area (Å²) in [5.74, 6) is -4.92. The van der Waals surface area contributed by atoms with Gasteiger partial charge in [0.15, 0.2) is 0 Å². The molecule has 1 aromatic heterocycles. The normalized spacial score (nSPS) is 15.2. The molecule has 1 rings (SSSR count). The van der Waals surface area contributed by atoms with E-state index >= 15 is 0 Å². The average molecular weight is 308 g/mol. The van der Waals surface area contributed by atoms with E-state index in [0.717, 1.165) is 12.4 Å². The van der Waals surface area contributed by atoms with Gasteiger partial charge in [0.1, 0.15) is 6.04 Å². The fraction of sp³-hybridized carbons (Fsp3) is 0.571. The summed E-state index contributed by atoms with van der Waals surface area (Å²) < 4.78 is 63.1. The van der Waals surface area contributed by atoms with Crippen LogP contribution in [-0.4, -0.2) is 28.4 Å². The molecule has 0 radical (unpaired) electrons. The molecule has 1 aromatic rings. The highest BCUT2D eigenvalue weighted by atomic mass is 79.9. The van der Waals surface area contributed by atoms with Gasteiger partial charge in [-0.05, 0) is 15.9 Å². The third kappa shape index (κ3) is 2.34. The summed E-state index contributed by atoms with van der Waals surface area (Å²) in [5.41, 5.74) is 4.94. The van der Waals surface area contributed by atoms with Crippen molar-refractivity contribution in [2.75, 3.05) is 6.54 Å². The van der Waals surface area contributed by atoms with Crippen molar-refractivity contribution in [3.8, 4) is 0 Å². The van der Waals surface area contributed by atoms with Gasteiger partial charge in [0, 0.05) is 12.7 Å². The fourth-order valence-electron chi connectivity index (χ4n) is 1.10. The third-order valence-corrected chi connectivity index (χ3v) is 2.32. The van der Waals surface area contributed by atoms with Crippen molar-refractivity contribution in [3.05, 3.63) is 16.9 Å². The number of hydrogen-bond acceptors (Lipinski definition) is 2. The molecule has 0 saturated heterocycles. The van der Waals surface area contributed by atoms with E-state index < -0.39 is 24.7 Å². The average Bonchev–Trinajstić information content (AvgIpc) is 2.50. The first-order chi connectivity index (χ1) is 7.20. The minimum Gasteiger partial charge on any atom is -0.328 e. The zero-order valence-electron chi connectivity index (χ0n) is 7.68. The van der Waals surface area contributed by atoms with E-state index in [2.05, 4.69) is 21.0 Å². The Morgan fingerprint density at radius 3 is 2.25 bits per heavy atom. The Kier molecular flexibility index (Phi) is 3.58. The lowest BCUT2D eigenvalue weighted by Gasteiger charge is -2.27. The van der Waals surface area contributed by atoms with Crippen molar-refractivity contribution in [1.82, 2.24) is 9.78 Å². The van der Waals surface area contributed by atoms with Crippen LogP contribution in [0.15, 0.2) is 16.9 Å². The van der Waals surface area contributed by atoms with Crippen LogP contribution < -0.4 is 5.73 Å². The standard InChI is InChI=1S/C7H7BrF5N3/c8-4-2-15-16(3-4)5(1-14)6(9,10)7(11,12)13/h2-3,5H,1,14H2. The highest BCUT2D eigenvalue weighted by Crippen LogP contribution is 2.43. The number of aromatic nitrogens is 2. The Morgan fingerprint density at radius 1 is 1.38 bits per heavy atom. The highest BCUT2D eigenvalue weighted by Gasteiger charge is 2.63. The summed E-state index contributed by atoms with van der Waals surface area (Å²) in [5, 5.41) is 3.38. The number of halogens is 6. The predicted octanol–water partition coefficient (Wildman–Crippen LogP) is 2.34. The molecule has 1 atom stereocenters. The monoisotopic (exact) mass is 307 g/mol. The van der Waals surface area contributed by atoms with Crippen LogP contribution in [0.1, 0.15) is 6.04 Å². The Balaban J connectivity index is 3.08. The molecule has 16 heavy (non-hydrogen) atoms. The van der Waals surface area contributed by atoms with Crippen LogP contribution in [0.25, 0.3) is 0 Å². The van der Waals surface area contributed by atoms with Gasteiger partial charge in [-0.15, -0.1) is 0 Å². The first kappa shape index (κ1) is 13.4. The lowest BCUT2D eigenvalue weighted by Crippen LogP contribution is -2.47. The molecule has 3 nitrogen and oxygen atoms in total. The number of alkyl halides is 5. The zero-order valence-corrected chi connectivity index (χ0v) is 9.26. The van der Waals surface area contributed by atoms with Crippen molar-refractivity contribution in [1.29, 1.82) is 0 Å². The van der Waals surface area contributed by atoms with E-state index in [-0.39, 0.29) is 0 Å². The first-order valence-corrected chi connectivity index (χ1v) is 4.83. The van der Waals surface area contributed by atoms with Crippen LogP contribution in [0, 0.1) is 0 Å². The second kappa shape index (κ2) is 4.28. The fourth-order valence-corrected chi connectivity index (χ4v) is 1.40. The topological polar surface area (TPSA) is 43.8 Å². The molecule has 2 N–H and O–H groups in total. The molecule has 0 aromatic carbocycles. The molecule has 0 aliphatic heterocycles. The van der Waals surface area contributed by atoms with Gasteiger partial charge in [0.25, 0.3) is 0 Å². The number of nitrogens with two attached hydrogens (primary N) is 1. The molecule has 0 aliphatic carbocycles. The van der Waals surface area contributed by atoms with E-state index in [9.17, 15) is 22.0 Å². The van der Waals surface area contributed by atoms with Crippen molar-refractivity contribution in [2.45, 2.75) is 18.1 Å². The van der Waals surface area contributed by atoms with Crippen molar-refractivity contribution in [3.63, 3.8) is 0 Å². The zero-order chi connectivity index (χ0) is 12.6. The summed E-state index contributed by atoms with van der Waals surface area (Å²) in [6, 6.07) is -2.25. The van der Waals surface area contributed by atoms with E-state index in [1.807, 2.05) is 0 Å². The van der Waals surface area contributed by atoms with Gasteiger partial charge in [-0.25, -0.2) is 0 Å². The maximum atomic E-state index is 13.0. The van der Waals surface area contributed by atoms with Gasteiger partial charge < -0.3 is 5.73 Å². The first-order valence-electron chi connectivity index (χ1n) is 4.04. The second-order valence-corrected chi connectivity index (χ2v) is 3.93. The number of nitrogens with zero attached hydrogens (tertiary/aromatic N) is 2. The molecule has 1 heterocycles. The van der Waals surface area contributed by atoms with Gasteiger partial charge in [-0.2, -0.15) is 27.1 Å². The van der Waals surface area contributed by atoms with Gasteiger partial charge >= 0.3 is 12.1 Å². The molecular weight excluding hydrogens is 301 g/mol. The van der Waals surface area contributed by atoms with Gasteiger partial charge in [-0.1, -0.05) is 0 Å². The Hall–Kier alpha value is -0.700. The Labute approximate surface area is 95.5 Å². The summed E-state index contributed by atoms with van der Waals surface area (Å²) in [6.45, 7) is -0.874. The Bertz CT molecular complexity index is 361. The third-order valence-electron chi connectivity index (χ3n) is 1.91. The van der Waals surface area contributed by atoms with Crippen molar-refractivity contribution in [2.24, 2.45) is 5.73 Å². The summed E-state index contributed by atoms with van der Waals surface area (Å²) in [6.07, 6.45) is -3.54. The minimum atomic E-state index is -5.66. The summed E-state index contributed by atoms with van der Waals surface area (Å²) in [7, 11) is 0. The van der Waals surface area contributed by atoms with Crippen molar-refractivity contribution >= 4 is 15.9 Å². The van der Waals surface area contributed by atoms with Crippen LogP contribution >= 0.6 is 15.9 Å². The predicted molar refractivity (Wildman–Crippen MR) is 49.0 cm³/mol. The van der Waals surface area contributed by atoms with Crippen molar-refractivity contribution < 1.29 is 22.0 Å². The lowest BCUT2D eigenvalue weighted by molar-refractivity contribution is -0.298. The van der Waals surface area contributed by atoms with Crippen LogP contribution in [0.3, 0.4) is 0 Å². The Morgan fingerprint density at radius 2 is 1.94 bits per heavy atom. The van der Waals surface area contributed by atoms with Crippen LogP contribution in [0.4, 0.5) is 22.0 Å². The lowest BCUT2D eigenvalue weighted by atomic mass is 10.1. The molecule has 1 unspecified atom stereocenters. The minimum absolute atomic E-state index is 0.295. The molecular formula is C7H7BrF5N3. The molecule has 0 amide bonds. The van der Waals surface area contributed by atoms with E-state index in [1.54, 1.807) is 0 Å². The number of hydrogen-bond donors (Lipinski definition) is 1. The molecule has 0 saturated carbocycles. The summed E-state index contributed by atoms with van der Waals surface area (Å²) >= 11 is 2.90. The van der Waals surface area contributed by atoms with Crippen LogP contribution in [0.5, 0.6) is 0 Å². The maximum absolute atomic E-state index is 13.0. The quantitative estimate of drug-likeness (QED) is 0.871. The van der Waals surface area contributed by atoms with E-state index in [0.29, 0.717) is 9.15 Å². The van der Waals surface area contributed by atoms with Crippen LogP contribution in [0.2, 0.25) is 0 Å². The SMILES string of the molecule is NCC(n1cc(Br)cn1)C(F)(F)C(F)(F)F. The molecule has 92 valence electrons. The van der Waals surface area contributed by atoms with Gasteiger partial charge in [0.05, 0.1) is 10.7 Å². The smallest absolute Gasteiger partial charge is 0.328 e. The molecule has 0 spiro atoms. The second-order valence-electron chi connectivity index (χ2n) is 3.01. The van der Waals surface area contributed by atoms with E-state index in [1.165, 1.54) is 0 Å². The molecule has 0 aliphatic rings. The molecule has 0 fully saturated rings. The molecule has 9 heteroatoms. The number of rotatable bonds is 3. The van der Waals surface area contributed by atoms with Gasteiger partial charge in [-0.3, -0.25) is 4.68 Å². The maximum Gasteiger partial charge on any atom is 0.455 e. The van der Waals surface area contributed by atoms with E-state index in [4.69, 9.17) is 5.73 Å². The van der Waals surface area contributed by atoms with Gasteiger partial charge in [0.2, 0.25) is 0 Å². The van der Waals surface area contributed by atoms with Crippen LogP contribution in [-0.2, 0) is 0 Å². The largest absolute Gasteiger partial charge is 0.455 e. The summed E-state index contributed by atoms with van der Waals surface area (Å²) in [4.78, 5) is 0. The highest BCUT2D eigenvalue weighted by molar-refractivity contribution is 9.10.